The fourth-order valence-corrected chi connectivity index (χ4v) is 7.16. The molecule has 0 fully saturated rings. The number of benzene rings is 2. The monoisotopic (exact) mass is 573 g/mol. The van der Waals surface area contributed by atoms with Gasteiger partial charge in [-0.2, -0.15) is 0 Å². The molecular weight excluding hydrogens is 539 g/mol. The smallest absolute Gasteiger partial charge is 0.341 e. The minimum Gasteiger partial charge on any atom is -0.462 e. The molecule has 2 unspecified atom stereocenters. The number of nitrogens with zero attached hydrogens (tertiary/aromatic N) is 1. The highest BCUT2D eigenvalue weighted by Crippen LogP contribution is 2.41. The van der Waals surface area contributed by atoms with Gasteiger partial charge in [0.05, 0.1) is 28.8 Å². The molecule has 1 aliphatic carbocycles. The van der Waals surface area contributed by atoms with Crippen LogP contribution in [0.25, 0.3) is 22.5 Å². The first kappa shape index (κ1) is 28.2. The lowest BCUT2D eigenvalue weighted by molar-refractivity contribution is -0.115. The van der Waals surface area contributed by atoms with Gasteiger partial charge in [0.1, 0.15) is 5.00 Å². The van der Waals surface area contributed by atoms with Crippen molar-refractivity contribution in [2.24, 2.45) is 5.92 Å². The number of thiophene rings is 1. The molecule has 0 saturated carbocycles. The predicted molar refractivity (Wildman–Crippen MR) is 164 cm³/mol. The van der Waals surface area contributed by atoms with Crippen LogP contribution >= 0.6 is 23.1 Å². The highest BCUT2D eigenvalue weighted by molar-refractivity contribution is 8.00. The third-order valence-electron chi connectivity index (χ3n) is 7.23. The molecule has 8 heteroatoms. The summed E-state index contributed by atoms with van der Waals surface area (Å²) in [6.45, 7) is 10.3. The molecular formula is C32H35N3O3S2. The summed E-state index contributed by atoms with van der Waals surface area (Å²) < 4.78 is 5.37. The van der Waals surface area contributed by atoms with Crippen LogP contribution in [0.4, 0.5) is 5.00 Å². The standard InChI is InChI=1S/C32H35N3O3S2/c1-6-38-31(37)26-24-16-11-20(4)17-25(24)40-30(26)35-29(36)21(5)39-32-33-27(22-12-7-18(2)8-13-22)28(34-32)23-14-9-19(3)10-15-23/h7-10,12-15,20-21H,6,11,16-17H2,1-5H3,(H,33,34)(H,35,36). The maximum absolute atomic E-state index is 13.4. The third kappa shape index (κ3) is 6.03. The molecule has 4 aromatic rings. The number of fused-ring (bicyclic) bond motifs is 1. The summed E-state index contributed by atoms with van der Waals surface area (Å²) >= 11 is 2.88. The van der Waals surface area contributed by atoms with Gasteiger partial charge in [0.2, 0.25) is 5.91 Å². The Morgan fingerprint density at radius 1 is 1.10 bits per heavy atom. The number of nitrogens with one attached hydrogen (secondary N) is 2. The normalized spacial score (nSPS) is 15.4. The first-order chi connectivity index (χ1) is 19.2. The number of hydrogen-bond donors (Lipinski definition) is 2. The maximum Gasteiger partial charge on any atom is 0.341 e. The van der Waals surface area contributed by atoms with Crippen LogP contribution in [0.5, 0.6) is 0 Å². The second kappa shape index (κ2) is 12.0. The van der Waals surface area contributed by atoms with E-state index in [1.807, 2.05) is 6.92 Å². The number of thioether (sulfide) groups is 1. The summed E-state index contributed by atoms with van der Waals surface area (Å²) in [5, 5.41) is 3.87. The molecule has 40 heavy (non-hydrogen) atoms. The van der Waals surface area contributed by atoms with E-state index in [0.29, 0.717) is 28.2 Å². The van der Waals surface area contributed by atoms with Crippen LogP contribution in [-0.2, 0) is 22.4 Å². The van der Waals surface area contributed by atoms with E-state index in [9.17, 15) is 9.59 Å². The Morgan fingerprint density at radius 2 is 1.75 bits per heavy atom. The average molecular weight is 574 g/mol. The summed E-state index contributed by atoms with van der Waals surface area (Å²) in [7, 11) is 0. The molecule has 6 nitrogen and oxygen atoms in total. The molecule has 0 bridgehead atoms. The fourth-order valence-electron chi connectivity index (χ4n) is 4.95. The Balaban J connectivity index is 1.40. The minimum absolute atomic E-state index is 0.174. The Hall–Kier alpha value is -3.36. The molecule has 2 aromatic heterocycles. The number of aryl methyl sites for hydroxylation is 2. The van der Waals surface area contributed by atoms with Gasteiger partial charge in [-0.1, -0.05) is 78.3 Å². The van der Waals surface area contributed by atoms with Gasteiger partial charge in [-0.15, -0.1) is 11.3 Å². The number of carbonyl (C=O) groups excluding carboxylic acids is 2. The van der Waals surface area contributed by atoms with Crippen LogP contribution in [0.3, 0.4) is 0 Å². The second-order valence-corrected chi connectivity index (χ2v) is 13.0. The number of hydrogen-bond acceptors (Lipinski definition) is 6. The van der Waals surface area contributed by atoms with Gasteiger partial charge in [0, 0.05) is 16.0 Å². The number of aromatic amines is 1. The van der Waals surface area contributed by atoms with Gasteiger partial charge in [0.25, 0.3) is 0 Å². The zero-order valence-corrected chi connectivity index (χ0v) is 25.2. The fraction of sp³-hybridized carbons (Fsp3) is 0.344. The molecule has 2 heterocycles. The number of imidazole rings is 1. The van der Waals surface area contributed by atoms with Crippen molar-refractivity contribution in [1.82, 2.24) is 9.97 Å². The lowest BCUT2D eigenvalue weighted by Crippen LogP contribution is -2.23. The van der Waals surface area contributed by atoms with Crippen molar-refractivity contribution in [3.05, 3.63) is 75.7 Å². The zero-order valence-electron chi connectivity index (χ0n) is 23.6. The lowest BCUT2D eigenvalue weighted by atomic mass is 9.88. The van der Waals surface area contributed by atoms with Gasteiger partial charge in [-0.05, 0) is 58.4 Å². The molecule has 2 atom stereocenters. The van der Waals surface area contributed by atoms with Crippen LogP contribution in [-0.4, -0.2) is 33.7 Å². The minimum atomic E-state index is -0.448. The van der Waals surface area contributed by atoms with Gasteiger partial charge in [-0.3, -0.25) is 4.79 Å². The van der Waals surface area contributed by atoms with Gasteiger partial charge < -0.3 is 15.0 Å². The van der Waals surface area contributed by atoms with Crippen LogP contribution in [0.15, 0.2) is 53.7 Å². The van der Waals surface area contributed by atoms with Crippen molar-refractivity contribution in [2.75, 3.05) is 11.9 Å². The Labute approximate surface area is 244 Å². The molecule has 0 radical (unpaired) electrons. The number of H-pyrrole nitrogens is 1. The maximum atomic E-state index is 13.4. The van der Waals surface area contributed by atoms with E-state index in [4.69, 9.17) is 9.72 Å². The summed E-state index contributed by atoms with van der Waals surface area (Å²) in [5.74, 6) is 0.0256. The second-order valence-electron chi connectivity index (χ2n) is 10.5. The van der Waals surface area contributed by atoms with E-state index >= 15 is 0 Å². The molecule has 2 aromatic carbocycles. The highest BCUT2D eigenvalue weighted by Gasteiger charge is 2.30. The first-order valence-electron chi connectivity index (χ1n) is 13.8. The van der Waals surface area contributed by atoms with Gasteiger partial charge in [-0.25, -0.2) is 9.78 Å². The number of rotatable bonds is 8. The van der Waals surface area contributed by atoms with Gasteiger partial charge in [0.15, 0.2) is 5.16 Å². The molecule has 0 spiro atoms. The number of carbonyl (C=O) groups is 2. The number of anilines is 1. The van der Waals surface area contributed by atoms with Crippen molar-refractivity contribution >= 4 is 40.0 Å². The summed E-state index contributed by atoms with van der Waals surface area (Å²) in [6.07, 6.45) is 2.78. The number of esters is 1. The Kier molecular flexibility index (Phi) is 8.47. The van der Waals surface area contributed by atoms with Crippen molar-refractivity contribution in [3.63, 3.8) is 0 Å². The van der Waals surface area contributed by atoms with Crippen LogP contribution < -0.4 is 5.32 Å². The zero-order chi connectivity index (χ0) is 28.4. The first-order valence-corrected chi connectivity index (χ1v) is 15.5. The summed E-state index contributed by atoms with van der Waals surface area (Å²) in [4.78, 5) is 35.9. The Bertz CT molecular complexity index is 1460. The Morgan fingerprint density at radius 3 is 2.40 bits per heavy atom. The molecule has 1 aliphatic rings. The highest BCUT2D eigenvalue weighted by atomic mass is 32.2. The third-order valence-corrected chi connectivity index (χ3v) is 9.39. The van der Waals surface area contributed by atoms with Gasteiger partial charge >= 0.3 is 5.97 Å². The van der Waals surface area contributed by atoms with E-state index in [-0.39, 0.29) is 11.9 Å². The number of aromatic nitrogens is 2. The van der Waals surface area contributed by atoms with E-state index in [1.165, 1.54) is 39.1 Å². The number of amides is 1. The van der Waals surface area contributed by atoms with E-state index < -0.39 is 5.25 Å². The largest absolute Gasteiger partial charge is 0.462 e. The van der Waals surface area contributed by atoms with Crippen LogP contribution in [0, 0.1) is 19.8 Å². The average Bonchev–Trinajstić information content (AvgIpc) is 3.50. The van der Waals surface area contributed by atoms with Crippen molar-refractivity contribution in [2.45, 2.75) is 64.3 Å². The molecule has 5 rings (SSSR count). The van der Waals surface area contributed by atoms with E-state index in [2.05, 4.69) is 79.6 Å². The van der Waals surface area contributed by atoms with Crippen LogP contribution in [0.1, 0.15) is 59.1 Å². The van der Waals surface area contributed by atoms with E-state index in [1.54, 1.807) is 6.92 Å². The molecule has 0 aliphatic heterocycles. The summed E-state index contributed by atoms with van der Waals surface area (Å²) in [6, 6.07) is 16.6. The summed E-state index contributed by atoms with van der Waals surface area (Å²) in [5.41, 5.74) is 7.75. The van der Waals surface area contributed by atoms with Crippen molar-refractivity contribution in [1.29, 1.82) is 0 Å². The lowest BCUT2D eigenvalue weighted by Gasteiger charge is -2.18. The molecule has 0 saturated heterocycles. The predicted octanol–water partition coefficient (Wildman–Crippen LogP) is 7.84. The van der Waals surface area contributed by atoms with Crippen molar-refractivity contribution < 1.29 is 14.3 Å². The number of ether oxygens (including phenoxy) is 1. The SMILES string of the molecule is CCOC(=O)c1c(NC(=O)C(C)Sc2nc(-c3ccc(C)cc3)c(-c3ccc(C)cc3)[nH]2)sc2c1CCC(C)C2. The van der Waals surface area contributed by atoms with Crippen molar-refractivity contribution in [3.8, 4) is 22.5 Å². The quantitative estimate of drug-likeness (QED) is 0.166. The van der Waals surface area contributed by atoms with E-state index in [0.717, 1.165) is 47.3 Å². The topological polar surface area (TPSA) is 84.1 Å². The molecule has 208 valence electrons. The molecule has 1 amide bonds. The van der Waals surface area contributed by atoms with Crippen LogP contribution in [0.2, 0.25) is 0 Å². The molecule has 2 N–H and O–H groups in total.